The molecule has 1 saturated heterocycles. The molecule has 1 atom stereocenters. The van der Waals surface area contributed by atoms with Crippen LogP contribution in [0.15, 0.2) is 66.7 Å². The molecule has 5 nitrogen and oxygen atoms in total. The predicted octanol–water partition coefficient (Wildman–Crippen LogP) is 4.31. The summed E-state index contributed by atoms with van der Waals surface area (Å²) in [6.07, 6.45) is 1.77. The highest BCUT2D eigenvalue weighted by atomic mass is 16.2. The smallest absolute Gasteiger partial charge is 0.230 e. The number of nitrogens with zero attached hydrogens (tertiary/aromatic N) is 3. The van der Waals surface area contributed by atoms with Crippen LogP contribution in [-0.4, -0.2) is 47.2 Å². The summed E-state index contributed by atoms with van der Waals surface area (Å²) in [5.74, 6) is 1.14. The average Bonchev–Trinajstić information content (AvgIpc) is 3.14. The van der Waals surface area contributed by atoms with Gasteiger partial charge in [0.25, 0.3) is 0 Å². The zero-order valence-corrected chi connectivity index (χ0v) is 16.9. The Bertz CT molecular complexity index is 922. The first kappa shape index (κ1) is 19.2. The Morgan fingerprint density at radius 2 is 1.72 bits per heavy atom. The zero-order valence-electron chi connectivity index (χ0n) is 16.9. The van der Waals surface area contributed by atoms with E-state index in [0.29, 0.717) is 0 Å². The molecule has 5 heteroatoms. The van der Waals surface area contributed by atoms with Crippen LogP contribution in [0.1, 0.15) is 31.2 Å². The first-order valence-corrected chi connectivity index (χ1v) is 10.5. The number of aromatic nitrogens is 2. The molecule has 0 bridgehead atoms. The fraction of sp³-hybridized carbons (Fsp3) is 0.333. The minimum absolute atomic E-state index is 0.0576. The van der Waals surface area contributed by atoms with Crippen LogP contribution in [0, 0.1) is 0 Å². The molecule has 2 aromatic carbocycles. The summed E-state index contributed by atoms with van der Waals surface area (Å²) < 4.78 is 0. The average molecular weight is 389 g/mol. The van der Waals surface area contributed by atoms with E-state index >= 15 is 0 Å². The van der Waals surface area contributed by atoms with Gasteiger partial charge in [-0.3, -0.25) is 9.89 Å². The van der Waals surface area contributed by atoms with E-state index in [1.807, 2.05) is 41.3 Å². The van der Waals surface area contributed by atoms with Crippen molar-refractivity contribution in [2.75, 3.05) is 31.1 Å². The van der Waals surface area contributed by atoms with Gasteiger partial charge in [0.1, 0.15) is 0 Å². The molecule has 150 valence electrons. The minimum atomic E-state index is -0.0576. The second kappa shape index (κ2) is 8.95. The molecule has 0 saturated carbocycles. The highest BCUT2D eigenvalue weighted by Gasteiger charge is 2.26. The van der Waals surface area contributed by atoms with Gasteiger partial charge >= 0.3 is 0 Å². The normalized spacial score (nSPS) is 15.8. The van der Waals surface area contributed by atoms with E-state index in [0.717, 1.165) is 61.7 Å². The van der Waals surface area contributed by atoms with E-state index in [-0.39, 0.29) is 11.8 Å². The highest BCUT2D eigenvalue weighted by Crippen LogP contribution is 2.25. The zero-order chi connectivity index (χ0) is 20.1. The van der Waals surface area contributed by atoms with Crippen LogP contribution in [0.3, 0.4) is 0 Å². The van der Waals surface area contributed by atoms with Gasteiger partial charge < -0.3 is 9.80 Å². The number of carbonyl (C=O) groups is 1. The van der Waals surface area contributed by atoms with Crippen molar-refractivity contribution in [3.63, 3.8) is 0 Å². The van der Waals surface area contributed by atoms with Crippen LogP contribution >= 0.6 is 0 Å². The molecule has 1 aliphatic rings. The molecule has 0 spiro atoms. The van der Waals surface area contributed by atoms with Crippen molar-refractivity contribution in [3.8, 4) is 11.3 Å². The first-order chi connectivity index (χ1) is 14.3. The van der Waals surface area contributed by atoms with Crippen molar-refractivity contribution in [2.45, 2.75) is 25.7 Å². The summed E-state index contributed by atoms with van der Waals surface area (Å²) in [5, 5.41) is 7.67. The summed E-state index contributed by atoms with van der Waals surface area (Å²) >= 11 is 0. The number of rotatable bonds is 5. The van der Waals surface area contributed by atoms with Gasteiger partial charge in [-0.05, 0) is 24.0 Å². The van der Waals surface area contributed by atoms with E-state index in [2.05, 4.69) is 52.4 Å². The Labute approximate surface area is 172 Å². The molecule has 29 heavy (non-hydrogen) atoms. The summed E-state index contributed by atoms with van der Waals surface area (Å²) in [7, 11) is 0. The van der Waals surface area contributed by atoms with Crippen LogP contribution in [0.5, 0.6) is 0 Å². The van der Waals surface area contributed by atoms with Gasteiger partial charge in [-0.25, -0.2) is 0 Å². The van der Waals surface area contributed by atoms with Gasteiger partial charge in [-0.15, -0.1) is 0 Å². The minimum Gasteiger partial charge on any atom is -0.353 e. The monoisotopic (exact) mass is 388 g/mol. The van der Waals surface area contributed by atoms with Gasteiger partial charge in [-0.1, -0.05) is 67.6 Å². The molecule has 3 aromatic rings. The molecular weight excluding hydrogens is 360 g/mol. The molecule has 1 N–H and O–H groups in total. The highest BCUT2D eigenvalue weighted by molar-refractivity contribution is 5.83. The van der Waals surface area contributed by atoms with Crippen LogP contribution in [0.4, 0.5) is 5.82 Å². The quantitative estimate of drug-likeness (QED) is 0.709. The second-order valence-corrected chi connectivity index (χ2v) is 7.54. The van der Waals surface area contributed by atoms with Crippen molar-refractivity contribution < 1.29 is 4.79 Å². The molecule has 2 heterocycles. The van der Waals surface area contributed by atoms with E-state index in [1.54, 1.807) is 0 Å². The number of benzene rings is 2. The number of aromatic amines is 1. The van der Waals surface area contributed by atoms with Gasteiger partial charge in [-0.2, -0.15) is 5.10 Å². The second-order valence-electron chi connectivity index (χ2n) is 7.54. The Balaban J connectivity index is 1.43. The number of anilines is 1. The number of hydrogen-bond acceptors (Lipinski definition) is 3. The molecular formula is C24H28N4O. The third-order valence-electron chi connectivity index (χ3n) is 5.69. The maximum absolute atomic E-state index is 13.2. The lowest BCUT2D eigenvalue weighted by Crippen LogP contribution is -2.38. The molecule has 1 amide bonds. The number of hydrogen-bond donors (Lipinski definition) is 1. The third-order valence-corrected chi connectivity index (χ3v) is 5.69. The van der Waals surface area contributed by atoms with Crippen molar-refractivity contribution in [2.24, 2.45) is 0 Å². The predicted molar refractivity (Wildman–Crippen MR) is 117 cm³/mol. The Hall–Kier alpha value is -3.08. The Kier molecular flexibility index (Phi) is 5.94. The number of amides is 1. The van der Waals surface area contributed by atoms with E-state index in [4.69, 9.17) is 0 Å². The standard InChI is InChI=1S/C24H28N4O/c1-2-21(19-10-5-3-6-11-19)24(29)28-15-9-14-27(16-17-28)23-18-22(25-26-23)20-12-7-4-8-13-20/h3-8,10-13,18,21H,2,9,14-17H2,1H3,(H,25,26). The lowest BCUT2D eigenvalue weighted by Gasteiger charge is -2.26. The Morgan fingerprint density at radius 1 is 1.00 bits per heavy atom. The molecule has 0 aliphatic carbocycles. The van der Waals surface area contributed by atoms with Crippen molar-refractivity contribution in [1.82, 2.24) is 15.1 Å². The van der Waals surface area contributed by atoms with E-state index < -0.39 is 0 Å². The first-order valence-electron chi connectivity index (χ1n) is 10.5. The van der Waals surface area contributed by atoms with Crippen LogP contribution in [0.2, 0.25) is 0 Å². The largest absolute Gasteiger partial charge is 0.353 e. The van der Waals surface area contributed by atoms with E-state index in [1.165, 1.54) is 0 Å². The molecule has 1 aliphatic heterocycles. The van der Waals surface area contributed by atoms with Crippen molar-refractivity contribution in [3.05, 3.63) is 72.3 Å². The Morgan fingerprint density at radius 3 is 2.45 bits per heavy atom. The fourth-order valence-electron chi connectivity index (χ4n) is 4.06. The third kappa shape index (κ3) is 4.34. The van der Waals surface area contributed by atoms with Crippen LogP contribution < -0.4 is 4.90 Å². The van der Waals surface area contributed by atoms with E-state index in [9.17, 15) is 4.79 Å². The lowest BCUT2D eigenvalue weighted by molar-refractivity contribution is -0.132. The van der Waals surface area contributed by atoms with Crippen molar-refractivity contribution in [1.29, 1.82) is 0 Å². The summed E-state index contributed by atoms with van der Waals surface area (Å²) in [6.45, 7) is 5.33. The van der Waals surface area contributed by atoms with Gasteiger partial charge in [0, 0.05) is 32.2 Å². The van der Waals surface area contributed by atoms with Gasteiger partial charge in [0.15, 0.2) is 5.82 Å². The number of H-pyrrole nitrogens is 1. The number of nitrogens with one attached hydrogen (secondary N) is 1. The molecule has 1 unspecified atom stereocenters. The van der Waals surface area contributed by atoms with Gasteiger partial charge in [0.2, 0.25) is 5.91 Å². The molecule has 0 radical (unpaired) electrons. The van der Waals surface area contributed by atoms with Crippen LogP contribution in [-0.2, 0) is 4.79 Å². The molecule has 4 rings (SSSR count). The molecule has 1 aromatic heterocycles. The summed E-state index contributed by atoms with van der Waals surface area (Å²) in [5.41, 5.74) is 3.26. The fourth-order valence-corrected chi connectivity index (χ4v) is 4.06. The SMILES string of the molecule is CCC(C(=O)N1CCCN(c2cc(-c3ccccc3)[nH]n2)CC1)c1ccccc1. The maximum Gasteiger partial charge on any atom is 0.230 e. The van der Waals surface area contributed by atoms with Crippen molar-refractivity contribution >= 4 is 11.7 Å². The summed E-state index contributed by atoms with van der Waals surface area (Å²) in [6, 6.07) is 22.5. The lowest BCUT2D eigenvalue weighted by atomic mass is 9.95. The van der Waals surface area contributed by atoms with Crippen LogP contribution in [0.25, 0.3) is 11.3 Å². The maximum atomic E-state index is 13.2. The number of carbonyl (C=O) groups excluding carboxylic acids is 1. The molecule has 1 fully saturated rings. The topological polar surface area (TPSA) is 52.2 Å². The van der Waals surface area contributed by atoms with Gasteiger partial charge in [0.05, 0.1) is 11.6 Å². The summed E-state index contributed by atoms with van der Waals surface area (Å²) in [4.78, 5) is 17.5.